The van der Waals surface area contributed by atoms with Gasteiger partial charge in [-0.05, 0) is 29.3 Å². The van der Waals surface area contributed by atoms with E-state index in [1.807, 2.05) is 48.5 Å². The van der Waals surface area contributed by atoms with E-state index in [0.29, 0.717) is 21.6 Å². The zero-order chi connectivity index (χ0) is 21.5. The first-order valence-electron chi connectivity index (χ1n) is 9.90. The molecule has 2 atom stereocenters. The van der Waals surface area contributed by atoms with E-state index in [1.165, 1.54) is 4.90 Å². The number of rotatable bonds is 4. The minimum Gasteiger partial charge on any atom is -0.450 e. The molecule has 5 rings (SSSR count). The first-order chi connectivity index (χ1) is 15.0. The SMILES string of the molecule is O=C1c2oc3ccc(Cl)cc3c(=O)c2[C@H](c2ccccc2)N1C[C@H](O)c1ccccc1. The highest BCUT2D eigenvalue weighted by molar-refractivity contribution is 6.31. The quantitative estimate of drug-likeness (QED) is 0.507. The van der Waals surface area contributed by atoms with Gasteiger partial charge in [0.2, 0.25) is 5.76 Å². The number of β-amino-alcohol motifs (C(OH)–C–C–N with tert-alkyl or cyclic N) is 1. The molecule has 5 nitrogen and oxygen atoms in total. The van der Waals surface area contributed by atoms with E-state index in [-0.39, 0.29) is 23.3 Å². The zero-order valence-corrected chi connectivity index (χ0v) is 17.1. The summed E-state index contributed by atoms with van der Waals surface area (Å²) in [5, 5.41) is 11.6. The summed E-state index contributed by atoms with van der Waals surface area (Å²) in [6.07, 6.45) is -0.912. The Bertz CT molecular complexity index is 1330. The largest absolute Gasteiger partial charge is 0.450 e. The topological polar surface area (TPSA) is 70.8 Å². The van der Waals surface area contributed by atoms with Crippen LogP contribution >= 0.6 is 11.6 Å². The number of benzene rings is 3. The summed E-state index contributed by atoms with van der Waals surface area (Å²) in [6, 6.07) is 22.5. The number of fused-ring (bicyclic) bond motifs is 2. The summed E-state index contributed by atoms with van der Waals surface area (Å²) in [4.78, 5) is 28.3. The van der Waals surface area contributed by atoms with Gasteiger partial charge in [-0.2, -0.15) is 0 Å². The van der Waals surface area contributed by atoms with Crippen LogP contribution in [0.25, 0.3) is 11.0 Å². The van der Waals surface area contributed by atoms with E-state index >= 15 is 0 Å². The molecule has 4 aromatic rings. The second-order valence-electron chi connectivity index (χ2n) is 7.51. The third kappa shape index (κ3) is 3.32. The summed E-state index contributed by atoms with van der Waals surface area (Å²) >= 11 is 6.10. The number of aliphatic hydroxyl groups is 1. The van der Waals surface area contributed by atoms with Crippen molar-refractivity contribution in [1.29, 1.82) is 0 Å². The lowest BCUT2D eigenvalue weighted by atomic mass is 9.98. The normalized spacial score (nSPS) is 16.5. The van der Waals surface area contributed by atoms with Crippen LogP contribution in [0, 0.1) is 0 Å². The predicted molar refractivity (Wildman–Crippen MR) is 118 cm³/mol. The van der Waals surface area contributed by atoms with Gasteiger partial charge in [-0.1, -0.05) is 72.3 Å². The van der Waals surface area contributed by atoms with Gasteiger partial charge in [0.25, 0.3) is 5.91 Å². The number of aliphatic hydroxyl groups excluding tert-OH is 1. The molecule has 0 fully saturated rings. The Balaban J connectivity index is 1.67. The van der Waals surface area contributed by atoms with E-state index in [1.54, 1.807) is 30.3 Å². The molecule has 1 aromatic heterocycles. The van der Waals surface area contributed by atoms with Crippen molar-refractivity contribution in [3.8, 4) is 0 Å². The summed E-state index contributed by atoms with van der Waals surface area (Å²) < 4.78 is 5.89. The monoisotopic (exact) mass is 431 g/mol. The van der Waals surface area contributed by atoms with Crippen LogP contribution in [-0.4, -0.2) is 22.5 Å². The van der Waals surface area contributed by atoms with Crippen LogP contribution in [-0.2, 0) is 0 Å². The van der Waals surface area contributed by atoms with Crippen molar-refractivity contribution in [2.45, 2.75) is 12.1 Å². The number of hydrogen-bond donors (Lipinski definition) is 1. The first-order valence-corrected chi connectivity index (χ1v) is 10.3. The van der Waals surface area contributed by atoms with Gasteiger partial charge in [-0.15, -0.1) is 0 Å². The van der Waals surface area contributed by atoms with E-state index in [2.05, 4.69) is 0 Å². The molecule has 0 saturated heterocycles. The highest BCUT2D eigenvalue weighted by Crippen LogP contribution is 2.39. The van der Waals surface area contributed by atoms with Crippen LogP contribution < -0.4 is 5.43 Å². The molecule has 1 aliphatic rings. The minimum absolute atomic E-state index is 0.00828. The van der Waals surface area contributed by atoms with Crippen molar-refractivity contribution in [2.24, 2.45) is 0 Å². The Kier molecular flexibility index (Phi) is 4.85. The highest BCUT2D eigenvalue weighted by Gasteiger charge is 2.43. The van der Waals surface area contributed by atoms with Crippen molar-refractivity contribution < 1.29 is 14.3 Å². The Morgan fingerprint density at radius 1 is 0.968 bits per heavy atom. The summed E-state index contributed by atoms with van der Waals surface area (Å²) in [7, 11) is 0. The van der Waals surface area contributed by atoms with Crippen LogP contribution in [0.15, 0.2) is 88.1 Å². The Morgan fingerprint density at radius 2 is 1.65 bits per heavy atom. The zero-order valence-electron chi connectivity index (χ0n) is 16.4. The maximum absolute atomic E-state index is 13.4. The number of amides is 1. The van der Waals surface area contributed by atoms with Crippen LogP contribution in [0.1, 0.15) is 39.4 Å². The molecule has 0 unspecified atom stereocenters. The van der Waals surface area contributed by atoms with Crippen LogP contribution in [0.2, 0.25) is 5.02 Å². The van der Waals surface area contributed by atoms with Gasteiger partial charge in [0.05, 0.1) is 29.6 Å². The third-order valence-electron chi connectivity index (χ3n) is 5.60. The molecule has 1 amide bonds. The maximum atomic E-state index is 13.4. The van der Waals surface area contributed by atoms with Crippen molar-refractivity contribution in [1.82, 2.24) is 4.90 Å². The lowest BCUT2D eigenvalue weighted by molar-refractivity contribution is 0.0583. The standard InChI is InChI=1S/C25H18ClNO4/c26-17-11-12-20-18(13-17)23(29)21-22(16-9-5-2-6-10-16)27(25(30)24(21)31-20)14-19(28)15-7-3-1-4-8-15/h1-13,19,22,28H,14H2/t19-,22-/m0/s1. The Hall–Kier alpha value is -3.41. The van der Waals surface area contributed by atoms with E-state index in [0.717, 1.165) is 5.56 Å². The fourth-order valence-corrected chi connectivity index (χ4v) is 4.30. The minimum atomic E-state index is -0.912. The average molecular weight is 432 g/mol. The molecule has 6 heteroatoms. The number of nitrogens with zero attached hydrogens (tertiary/aromatic N) is 1. The van der Waals surface area contributed by atoms with Gasteiger partial charge in [-0.3, -0.25) is 9.59 Å². The molecule has 0 spiro atoms. The Labute approximate surface area is 183 Å². The summed E-state index contributed by atoms with van der Waals surface area (Å²) in [5.41, 5.74) is 1.74. The molecule has 2 heterocycles. The van der Waals surface area contributed by atoms with E-state index in [9.17, 15) is 14.7 Å². The molecular weight excluding hydrogens is 414 g/mol. The predicted octanol–water partition coefficient (Wildman–Crippen LogP) is 4.73. The molecule has 154 valence electrons. The number of carbonyl (C=O) groups is 1. The van der Waals surface area contributed by atoms with Crippen molar-refractivity contribution in [3.05, 3.63) is 117 Å². The molecule has 0 saturated carbocycles. The molecule has 3 aromatic carbocycles. The van der Waals surface area contributed by atoms with Crippen molar-refractivity contribution in [3.63, 3.8) is 0 Å². The molecule has 0 bridgehead atoms. The molecule has 1 aliphatic heterocycles. The molecule has 1 N–H and O–H groups in total. The summed E-state index contributed by atoms with van der Waals surface area (Å²) in [6.45, 7) is 0.0170. The lowest BCUT2D eigenvalue weighted by Gasteiger charge is -2.27. The van der Waals surface area contributed by atoms with Gasteiger partial charge >= 0.3 is 0 Å². The number of halogens is 1. The van der Waals surface area contributed by atoms with Gasteiger partial charge in [0.15, 0.2) is 5.43 Å². The van der Waals surface area contributed by atoms with Crippen molar-refractivity contribution >= 4 is 28.5 Å². The summed E-state index contributed by atoms with van der Waals surface area (Å²) in [5.74, 6) is -0.415. The molecular formula is C25H18ClNO4. The Morgan fingerprint density at radius 3 is 2.35 bits per heavy atom. The van der Waals surface area contributed by atoms with Gasteiger partial charge in [-0.25, -0.2) is 0 Å². The van der Waals surface area contributed by atoms with Crippen LogP contribution in [0.4, 0.5) is 0 Å². The average Bonchev–Trinajstić information content (AvgIpc) is 3.07. The van der Waals surface area contributed by atoms with Gasteiger partial charge in [0, 0.05) is 5.02 Å². The van der Waals surface area contributed by atoms with Crippen molar-refractivity contribution in [2.75, 3.05) is 6.54 Å². The van der Waals surface area contributed by atoms with Crippen LogP contribution in [0.3, 0.4) is 0 Å². The van der Waals surface area contributed by atoms with E-state index in [4.69, 9.17) is 16.0 Å². The van der Waals surface area contributed by atoms with E-state index < -0.39 is 18.1 Å². The smallest absolute Gasteiger partial charge is 0.291 e. The second-order valence-corrected chi connectivity index (χ2v) is 7.95. The lowest BCUT2D eigenvalue weighted by Crippen LogP contribution is -2.33. The van der Waals surface area contributed by atoms with Gasteiger partial charge < -0.3 is 14.4 Å². The molecule has 31 heavy (non-hydrogen) atoms. The molecule has 0 radical (unpaired) electrons. The van der Waals surface area contributed by atoms with Gasteiger partial charge in [0.1, 0.15) is 5.58 Å². The number of hydrogen-bond acceptors (Lipinski definition) is 4. The van der Waals surface area contributed by atoms with Crippen LogP contribution in [0.5, 0.6) is 0 Å². The fraction of sp³-hybridized carbons (Fsp3) is 0.120. The highest BCUT2D eigenvalue weighted by atomic mass is 35.5. The number of carbonyl (C=O) groups excluding carboxylic acids is 1. The molecule has 0 aliphatic carbocycles. The third-order valence-corrected chi connectivity index (χ3v) is 5.83. The first kappa shape index (κ1) is 19.5. The maximum Gasteiger partial charge on any atom is 0.291 e. The second kappa shape index (κ2) is 7.69. The fourth-order valence-electron chi connectivity index (χ4n) is 4.13.